The lowest BCUT2D eigenvalue weighted by Gasteiger charge is -2.25. The average molecular weight is 344 g/mol. The summed E-state index contributed by atoms with van der Waals surface area (Å²) in [5.74, 6) is -0.368. The summed E-state index contributed by atoms with van der Waals surface area (Å²) >= 11 is 1.59. The van der Waals surface area contributed by atoms with Gasteiger partial charge in [0.15, 0.2) is 6.10 Å². The second kappa shape index (κ2) is 6.73. The molecular formula is C18H20N2O3S. The third kappa shape index (κ3) is 3.33. The van der Waals surface area contributed by atoms with Crippen molar-refractivity contribution in [2.45, 2.75) is 45.3 Å². The van der Waals surface area contributed by atoms with Crippen molar-refractivity contribution in [3.05, 3.63) is 51.5 Å². The highest BCUT2D eigenvalue weighted by molar-refractivity contribution is 7.09. The topological polar surface area (TPSA) is 68.3 Å². The number of thiazole rings is 1. The van der Waals surface area contributed by atoms with Crippen LogP contribution in [0.5, 0.6) is 0 Å². The van der Waals surface area contributed by atoms with E-state index in [1.807, 2.05) is 24.4 Å². The fraction of sp³-hybridized carbons (Fsp3) is 0.389. The van der Waals surface area contributed by atoms with Gasteiger partial charge in [0.2, 0.25) is 0 Å². The van der Waals surface area contributed by atoms with Crippen LogP contribution in [0.2, 0.25) is 0 Å². The molecule has 3 rings (SSSR count). The van der Waals surface area contributed by atoms with Crippen LogP contribution in [-0.2, 0) is 16.0 Å². The van der Waals surface area contributed by atoms with Crippen molar-refractivity contribution in [3.63, 3.8) is 0 Å². The Bertz CT molecular complexity index is 769. The van der Waals surface area contributed by atoms with Gasteiger partial charge in [0, 0.05) is 17.7 Å². The number of cyclic esters (lactones) is 1. The maximum Gasteiger partial charge on any atom is 0.339 e. The standard InChI is InChI=1S/C18H20N2O3S/c1-10(2)17-20-14(9-24-17)11(3)19-16(21)15-8-12-6-4-5-7-13(12)18(22)23-15/h4-7,9-11,15H,8H2,1-3H3,(H,19,21)/t11-,15+/m1/s1. The predicted molar refractivity (Wildman–Crippen MR) is 92.1 cm³/mol. The van der Waals surface area contributed by atoms with Gasteiger partial charge < -0.3 is 10.1 Å². The fourth-order valence-electron chi connectivity index (χ4n) is 2.62. The van der Waals surface area contributed by atoms with Crippen molar-refractivity contribution in [3.8, 4) is 0 Å². The molecule has 0 fully saturated rings. The van der Waals surface area contributed by atoms with Gasteiger partial charge in [-0.1, -0.05) is 32.0 Å². The largest absolute Gasteiger partial charge is 0.448 e. The molecule has 126 valence electrons. The third-order valence-corrected chi connectivity index (χ3v) is 5.18. The van der Waals surface area contributed by atoms with Gasteiger partial charge in [-0.25, -0.2) is 9.78 Å². The Kier molecular flexibility index (Phi) is 4.66. The molecule has 0 saturated heterocycles. The lowest BCUT2D eigenvalue weighted by molar-refractivity contribution is -0.131. The van der Waals surface area contributed by atoms with E-state index in [2.05, 4.69) is 24.1 Å². The monoisotopic (exact) mass is 344 g/mol. The molecule has 0 bridgehead atoms. The Balaban J connectivity index is 1.68. The molecule has 2 atom stereocenters. The molecule has 1 aliphatic rings. The molecule has 0 radical (unpaired) electrons. The van der Waals surface area contributed by atoms with Crippen LogP contribution in [-0.4, -0.2) is 23.0 Å². The number of amides is 1. The molecule has 2 heterocycles. The van der Waals surface area contributed by atoms with Crippen LogP contribution in [0.25, 0.3) is 0 Å². The summed E-state index contributed by atoms with van der Waals surface area (Å²) in [4.78, 5) is 29.0. The minimum Gasteiger partial charge on any atom is -0.448 e. The normalized spacial score (nSPS) is 18.0. The Morgan fingerprint density at radius 2 is 2.08 bits per heavy atom. The number of fused-ring (bicyclic) bond motifs is 1. The summed E-state index contributed by atoms with van der Waals surface area (Å²) in [6.07, 6.45) is -0.396. The van der Waals surface area contributed by atoms with Crippen LogP contribution in [0, 0.1) is 0 Å². The maximum atomic E-state index is 12.5. The first-order valence-electron chi connectivity index (χ1n) is 8.00. The van der Waals surface area contributed by atoms with Crippen molar-refractivity contribution >= 4 is 23.2 Å². The molecule has 0 saturated carbocycles. The van der Waals surface area contributed by atoms with Gasteiger partial charge >= 0.3 is 5.97 Å². The first-order chi connectivity index (χ1) is 11.5. The predicted octanol–water partition coefficient (Wildman–Crippen LogP) is 3.23. The van der Waals surface area contributed by atoms with Crippen LogP contribution < -0.4 is 5.32 Å². The van der Waals surface area contributed by atoms with Crippen LogP contribution in [0.3, 0.4) is 0 Å². The van der Waals surface area contributed by atoms with Crippen LogP contribution in [0.4, 0.5) is 0 Å². The molecule has 0 spiro atoms. The number of aromatic nitrogens is 1. The van der Waals surface area contributed by atoms with E-state index in [4.69, 9.17) is 4.74 Å². The first kappa shape index (κ1) is 16.6. The quantitative estimate of drug-likeness (QED) is 0.865. The lowest BCUT2D eigenvalue weighted by atomic mass is 9.98. The molecule has 1 aromatic heterocycles. The number of hydrogen-bond donors (Lipinski definition) is 1. The Morgan fingerprint density at radius 1 is 1.33 bits per heavy atom. The molecule has 5 nitrogen and oxygen atoms in total. The highest BCUT2D eigenvalue weighted by Crippen LogP contribution is 2.24. The summed E-state index contributed by atoms with van der Waals surface area (Å²) in [5.41, 5.74) is 2.22. The second-order valence-corrected chi connectivity index (χ2v) is 7.14. The van der Waals surface area contributed by atoms with Crippen LogP contribution >= 0.6 is 11.3 Å². The van der Waals surface area contributed by atoms with E-state index < -0.39 is 12.1 Å². The minimum atomic E-state index is -0.793. The molecule has 1 aliphatic heterocycles. The van der Waals surface area contributed by atoms with Crippen LogP contribution in [0.1, 0.15) is 59.4 Å². The molecule has 2 aromatic rings. The van der Waals surface area contributed by atoms with E-state index in [1.54, 1.807) is 23.5 Å². The molecule has 6 heteroatoms. The second-order valence-electron chi connectivity index (χ2n) is 6.25. The Labute approximate surface area is 145 Å². The fourth-order valence-corrected chi connectivity index (χ4v) is 3.55. The zero-order valence-electron chi connectivity index (χ0n) is 13.9. The van der Waals surface area contributed by atoms with Gasteiger partial charge in [-0.2, -0.15) is 0 Å². The van der Waals surface area contributed by atoms with E-state index in [0.29, 0.717) is 17.9 Å². The number of carbonyl (C=O) groups excluding carboxylic acids is 2. The Hall–Kier alpha value is -2.21. The number of rotatable bonds is 4. The van der Waals surface area contributed by atoms with E-state index >= 15 is 0 Å². The summed E-state index contributed by atoms with van der Waals surface area (Å²) in [7, 11) is 0. The van der Waals surface area contributed by atoms with Crippen molar-refractivity contribution in [1.29, 1.82) is 0 Å². The van der Waals surface area contributed by atoms with E-state index in [-0.39, 0.29) is 11.9 Å². The first-order valence-corrected chi connectivity index (χ1v) is 8.88. The molecule has 24 heavy (non-hydrogen) atoms. The van der Waals surface area contributed by atoms with Gasteiger partial charge in [-0.05, 0) is 18.6 Å². The number of carbonyl (C=O) groups is 2. The number of benzene rings is 1. The number of nitrogens with zero attached hydrogens (tertiary/aromatic N) is 1. The molecule has 1 N–H and O–H groups in total. The molecular weight excluding hydrogens is 324 g/mol. The zero-order chi connectivity index (χ0) is 17.3. The van der Waals surface area contributed by atoms with E-state index in [1.165, 1.54) is 0 Å². The van der Waals surface area contributed by atoms with Gasteiger partial charge in [-0.15, -0.1) is 11.3 Å². The Morgan fingerprint density at radius 3 is 2.79 bits per heavy atom. The lowest BCUT2D eigenvalue weighted by Crippen LogP contribution is -2.42. The highest BCUT2D eigenvalue weighted by atomic mass is 32.1. The number of hydrogen-bond acceptors (Lipinski definition) is 5. The van der Waals surface area contributed by atoms with Crippen molar-refractivity contribution in [1.82, 2.24) is 10.3 Å². The van der Waals surface area contributed by atoms with Crippen molar-refractivity contribution in [2.75, 3.05) is 0 Å². The number of esters is 1. The minimum absolute atomic E-state index is 0.225. The van der Waals surface area contributed by atoms with E-state index in [0.717, 1.165) is 16.3 Å². The highest BCUT2D eigenvalue weighted by Gasteiger charge is 2.31. The van der Waals surface area contributed by atoms with Gasteiger partial charge in [0.1, 0.15) is 0 Å². The summed E-state index contributed by atoms with van der Waals surface area (Å²) in [6, 6.07) is 7.00. The van der Waals surface area contributed by atoms with Crippen molar-refractivity contribution in [2.24, 2.45) is 0 Å². The summed E-state index contributed by atoms with van der Waals surface area (Å²) < 4.78 is 5.29. The summed E-state index contributed by atoms with van der Waals surface area (Å²) in [6.45, 7) is 6.06. The molecule has 1 aromatic carbocycles. The number of ether oxygens (including phenoxy) is 1. The molecule has 0 unspecified atom stereocenters. The molecule has 1 amide bonds. The van der Waals surface area contributed by atoms with Gasteiger partial charge in [0.25, 0.3) is 5.91 Å². The maximum absolute atomic E-state index is 12.5. The summed E-state index contributed by atoms with van der Waals surface area (Å²) in [5, 5.41) is 5.90. The molecule has 0 aliphatic carbocycles. The average Bonchev–Trinajstić information content (AvgIpc) is 3.05. The van der Waals surface area contributed by atoms with Crippen LogP contribution in [0.15, 0.2) is 29.6 Å². The smallest absolute Gasteiger partial charge is 0.339 e. The van der Waals surface area contributed by atoms with Gasteiger partial charge in [0.05, 0.1) is 22.3 Å². The zero-order valence-corrected chi connectivity index (χ0v) is 14.7. The SMILES string of the molecule is CC(C)c1nc([C@@H](C)NC(=O)[C@@H]2Cc3ccccc3C(=O)O2)cs1. The van der Waals surface area contributed by atoms with Crippen molar-refractivity contribution < 1.29 is 14.3 Å². The van der Waals surface area contributed by atoms with E-state index in [9.17, 15) is 9.59 Å². The number of nitrogens with one attached hydrogen (secondary N) is 1. The third-order valence-electron chi connectivity index (χ3n) is 4.02. The van der Waals surface area contributed by atoms with Gasteiger partial charge in [-0.3, -0.25) is 4.79 Å².